The zero-order valence-electron chi connectivity index (χ0n) is 12.2. The van der Waals surface area contributed by atoms with Crippen molar-refractivity contribution in [2.75, 3.05) is 19.4 Å². The highest BCUT2D eigenvalue weighted by Crippen LogP contribution is 2.37. The summed E-state index contributed by atoms with van der Waals surface area (Å²) in [5, 5.41) is 31.7. The maximum atomic E-state index is 9.74. The van der Waals surface area contributed by atoms with Gasteiger partial charge in [-0.3, -0.25) is 0 Å². The minimum Gasteiger partial charge on any atom is -0.504 e. The third-order valence-electron chi connectivity index (χ3n) is 3.15. The highest BCUT2D eigenvalue weighted by atomic mass is 16.3. The Bertz CT molecular complexity index is 610. The first kappa shape index (κ1) is 15.0. The molecule has 5 nitrogen and oxygen atoms in total. The first-order valence-corrected chi connectivity index (χ1v) is 6.67. The molecule has 0 aromatic heterocycles. The molecule has 2 aromatic carbocycles. The maximum Gasteiger partial charge on any atom is 0.200 e. The fourth-order valence-corrected chi connectivity index (χ4v) is 2.04. The van der Waals surface area contributed by atoms with Crippen LogP contribution in [0.4, 0.5) is 5.69 Å². The van der Waals surface area contributed by atoms with Crippen LogP contribution in [-0.4, -0.2) is 34.3 Å². The third-order valence-corrected chi connectivity index (χ3v) is 3.15. The van der Waals surface area contributed by atoms with Crippen LogP contribution >= 0.6 is 0 Å². The van der Waals surface area contributed by atoms with E-state index in [4.69, 9.17) is 0 Å². The quantitative estimate of drug-likeness (QED) is 0.636. The lowest BCUT2D eigenvalue weighted by Crippen LogP contribution is -2.10. The lowest BCUT2D eigenvalue weighted by molar-refractivity contribution is 0.365. The number of phenolic OH excluding ortho intramolecular Hbond substituents is 3. The van der Waals surface area contributed by atoms with E-state index in [1.165, 1.54) is 11.6 Å². The number of hydrogen-bond donors (Lipinski definition) is 4. The lowest BCUT2D eigenvalue weighted by Gasteiger charge is -2.12. The highest BCUT2D eigenvalue weighted by molar-refractivity contribution is 5.54. The Morgan fingerprint density at radius 2 is 1.57 bits per heavy atom. The van der Waals surface area contributed by atoms with Crippen LogP contribution in [0.2, 0.25) is 0 Å². The zero-order valence-corrected chi connectivity index (χ0v) is 12.2. The second kappa shape index (κ2) is 6.37. The molecule has 21 heavy (non-hydrogen) atoms. The average Bonchev–Trinajstić information content (AvgIpc) is 2.45. The molecule has 5 heteroatoms. The van der Waals surface area contributed by atoms with Gasteiger partial charge in [-0.1, -0.05) is 12.1 Å². The molecule has 0 fully saturated rings. The molecule has 0 atom stereocenters. The van der Waals surface area contributed by atoms with E-state index in [9.17, 15) is 15.3 Å². The summed E-state index contributed by atoms with van der Waals surface area (Å²) in [7, 11) is 4.04. The first-order valence-electron chi connectivity index (χ1n) is 6.67. The SMILES string of the molecule is CN(C)Cc1ccc(NCc2ccc(O)c(O)c2O)cc1. The van der Waals surface area contributed by atoms with Gasteiger partial charge in [0, 0.05) is 24.3 Å². The number of benzene rings is 2. The van der Waals surface area contributed by atoms with E-state index in [1.807, 2.05) is 38.4 Å². The van der Waals surface area contributed by atoms with Crippen LogP contribution in [0.15, 0.2) is 36.4 Å². The van der Waals surface area contributed by atoms with E-state index < -0.39 is 5.75 Å². The smallest absolute Gasteiger partial charge is 0.200 e. The first-order chi connectivity index (χ1) is 9.97. The van der Waals surface area contributed by atoms with Crippen LogP contribution in [0.5, 0.6) is 17.2 Å². The summed E-state index contributed by atoms with van der Waals surface area (Å²) < 4.78 is 0. The molecule has 4 N–H and O–H groups in total. The van der Waals surface area contributed by atoms with Crippen LogP contribution in [0, 0.1) is 0 Å². The Morgan fingerprint density at radius 3 is 2.19 bits per heavy atom. The van der Waals surface area contributed by atoms with Crippen molar-refractivity contribution in [3.05, 3.63) is 47.5 Å². The molecule has 0 saturated carbocycles. The van der Waals surface area contributed by atoms with Gasteiger partial charge >= 0.3 is 0 Å². The minimum atomic E-state index is -0.490. The summed E-state index contributed by atoms with van der Waals surface area (Å²) in [6, 6.07) is 10.9. The fourth-order valence-electron chi connectivity index (χ4n) is 2.04. The second-order valence-corrected chi connectivity index (χ2v) is 5.23. The summed E-state index contributed by atoms with van der Waals surface area (Å²) in [6.45, 7) is 1.24. The van der Waals surface area contributed by atoms with Crippen molar-refractivity contribution in [3.63, 3.8) is 0 Å². The van der Waals surface area contributed by atoms with Gasteiger partial charge in [-0.2, -0.15) is 0 Å². The van der Waals surface area contributed by atoms with E-state index >= 15 is 0 Å². The monoisotopic (exact) mass is 288 g/mol. The maximum absolute atomic E-state index is 9.74. The second-order valence-electron chi connectivity index (χ2n) is 5.23. The number of hydrogen-bond acceptors (Lipinski definition) is 5. The van der Waals surface area contributed by atoms with E-state index in [0.717, 1.165) is 12.2 Å². The largest absolute Gasteiger partial charge is 0.504 e. The Hall–Kier alpha value is -2.40. The molecule has 0 amide bonds. The Morgan fingerprint density at radius 1 is 0.905 bits per heavy atom. The summed E-state index contributed by atoms with van der Waals surface area (Å²) in [6.07, 6.45) is 0. The van der Waals surface area contributed by atoms with Gasteiger partial charge in [0.05, 0.1) is 0 Å². The summed E-state index contributed by atoms with van der Waals surface area (Å²) in [5.41, 5.74) is 2.66. The van der Waals surface area contributed by atoms with E-state index in [-0.39, 0.29) is 11.5 Å². The summed E-state index contributed by atoms with van der Waals surface area (Å²) >= 11 is 0. The molecule has 0 aliphatic rings. The molecular weight excluding hydrogens is 268 g/mol. The molecular formula is C16H20N2O3. The standard InChI is InChI=1S/C16H20N2O3/c1-18(2)10-11-3-6-13(7-4-11)17-9-12-5-8-14(19)16(21)15(12)20/h3-8,17,19-21H,9-10H2,1-2H3. The van der Waals surface area contributed by atoms with Crippen molar-refractivity contribution in [1.29, 1.82) is 0 Å². The number of phenols is 3. The topological polar surface area (TPSA) is 76.0 Å². The van der Waals surface area contributed by atoms with Crippen LogP contribution in [0.1, 0.15) is 11.1 Å². The van der Waals surface area contributed by atoms with Gasteiger partial charge in [-0.05, 0) is 43.9 Å². The van der Waals surface area contributed by atoms with Crippen molar-refractivity contribution in [2.24, 2.45) is 0 Å². The molecule has 2 aromatic rings. The Kier molecular flexibility index (Phi) is 4.55. The van der Waals surface area contributed by atoms with E-state index in [1.54, 1.807) is 6.07 Å². The van der Waals surface area contributed by atoms with Crippen molar-refractivity contribution < 1.29 is 15.3 Å². The average molecular weight is 288 g/mol. The van der Waals surface area contributed by atoms with Gasteiger partial charge in [0.25, 0.3) is 0 Å². The van der Waals surface area contributed by atoms with Gasteiger partial charge in [0.15, 0.2) is 11.5 Å². The molecule has 0 saturated heterocycles. The Balaban J connectivity index is 2.02. The molecule has 2 rings (SSSR count). The Labute approximate surface area is 124 Å². The summed E-state index contributed by atoms with van der Waals surface area (Å²) in [4.78, 5) is 2.10. The van der Waals surface area contributed by atoms with Gasteiger partial charge in [0.1, 0.15) is 0 Å². The number of aromatic hydroxyl groups is 3. The van der Waals surface area contributed by atoms with Gasteiger partial charge in [0.2, 0.25) is 5.75 Å². The van der Waals surface area contributed by atoms with Gasteiger partial charge < -0.3 is 25.5 Å². The summed E-state index contributed by atoms with van der Waals surface area (Å²) in [5.74, 6) is -1.12. The molecule has 0 aliphatic heterocycles. The molecule has 0 aliphatic carbocycles. The van der Waals surface area contributed by atoms with Gasteiger partial charge in [-0.15, -0.1) is 0 Å². The zero-order chi connectivity index (χ0) is 15.4. The van der Waals surface area contributed by atoms with Crippen molar-refractivity contribution in [2.45, 2.75) is 13.1 Å². The van der Waals surface area contributed by atoms with Crippen molar-refractivity contribution in [3.8, 4) is 17.2 Å². The molecule has 0 bridgehead atoms. The van der Waals surface area contributed by atoms with Crippen LogP contribution in [-0.2, 0) is 13.1 Å². The number of anilines is 1. The van der Waals surface area contributed by atoms with E-state index in [2.05, 4.69) is 10.2 Å². The molecule has 0 radical (unpaired) electrons. The molecule has 0 spiro atoms. The van der Waals surface area contributed by atoms with Crippen molar-refractivity contribution in [1.82, 2.24) is 4.90 Å². The van der Waals surface area contributed by atoms with Crippen LogP contribution in [0.3, 0.4) is 0 Å². The normalized spacial score (nSPS) is 10.8. The molecule has 112 valence electrons. The highest BCUT2D eigenvalue weighted by Gasteiger charge is 2.10. The van der Waals surface area contributed by atoms with Crippen molar-refractivity contribution >= 4 is 5.69 Å². The minimum absolute atomic E-state index is 0.299. The van der Waals surface area contributed by atoms with Gasteiger partial charge in [-0.25, -0.2) is 0 Å². The fraction of sp³-hybridized carbons (Fsp3) is 0.250. The van der Waals surface area contributed by atoms with Crippen LogP contribution < -0.4 is 5.32 Å². The molecule has 0 heterocycles. The predicted molar refractivity (Wildman–Crippen MR) is 82.6 cm³/mol. The van der Waals surface area contributed by atoms with Crippen LogP contribution in [0.25, 0.3) is 0 Å². The number of rotatable bonds is 5. The van der Waals surface area contributed by atoms with E-state index in [0.29, 0.717) is 12.1 Å². The third kappa shape index (κ3) is 3.79. The predicted octanol–water partition coefficient (Wildman–Crippen LogP) is 2.48. The number of nitrogens with zero attached hydrogens (tertiary/aromatic N) is 1. The number of nitrogens with one attached hydrogen (secondary N) is 1. The lowest BCUT2D eigenvalue weighted by atomic mass is 10.1. The molecule has 0 unspecified atom stereocenters.